The first-order valence-corrected chi connectivity index (χ1v) is 14.8. The molecule has 2 heterocycles. The van der Waals surface area contributed by atoms with Gasteiger partial charge in [0.25, 0.3) is 0 Å². The summed E-state index contributed by atoms with van der Waals surface area (Å²) in [5.41, 5.74) is -5.21. The van der Waals surface area contributed by atoms with Gasteiger partial charge in [-0.05, 0) is 0 Å². The molecule has 0 aliphatic carbocycles. The number of alkyl halides is 3. The molecule has 4 rings (SSSR count). The van der Waals surface area contributed by atoms with Crippen LogP contribution in [0.2, 0.25) is 5.02 Å². The molecule has 2 aromatic carbocycles. The Balaban J connectivity index is 1.74. The van der Waals surface area contributed by atoms with E-state index in [2.05, 4.69) is 20.2 Å². The molecule has 192 valence electrons. The minimum atomic E-state index is -5.93. The van der Waals surface area contributed by atoms with Gasteiger partial charge < -0.3 is 0 Å². The fraction of sp³-hybridized carbons (Fsp3) is 0.136. The van der Waals surface area contributed by atoms with Crippen molar-refractivity contribution in [2.24, 2.45) is 7.05 Å². The van der Waals surface area contributed by atoms with Crippen LogP contribution in [-0.4, -0.2) is 51.3 Å². The van der Waals surface area contributed by atoms with Gasteiger partial charge in [-0.1, -0.05) is 0 Å². The van der Waals surface area contributed by atoms with Gasteiger partial charge in [0.15, 0.2) is 0 Å². The van der Waals surface area contributed by atoms with E-state index < -0.39 is 37.1 Å². The van der Waals surface area contributed by atoms with E-state index in [1.165, 1.54) is 24.0 Å². The van der Waals surface area contributed by atoms with Gasteiger partial charge in [0.1, 0.15) is 0 Å². The molecule has 0 spiro atoms. The Morgan fingerprint density at radius 2 is 1.95 bits per heavy atom. The second-order valence-electron chi connectivity index (χ2n) is 7.36. The van der Waals surface area contributed by atoms with Crippen molar-refractivity contribution in [2.75, 3.05) is 7.11 Å². The van der Waals surface area contributed by atoms with Crippen LogP contribution in [0.25, 0.3) is 10.9 Å². The number of nitrogens with zero attached hydrogens (tertiary/aromatic N) is 4. The summed E-state index contributed by atoms with van der Waals surface area (Å²) >= 11 is 6.71. The van der Waals surface area contributed by atoms with Gasteiger partial charge in [-0.3, -0.25) is 0 Å². The summed E-state index contributed by atoms with van der Waals surface area (Å²) in [7, 11) is -2.91. The predicted molar refractivity (Wildman–Crippen MR) is 134 cm³/mol. The summed E-state index contributed by atoms with van der Waals surface area (Å²) in [4.78, 5) is 9.17. The molecule has 0 saturated heterocycles. The summed E-state index contributed by atoms with van der Waals surface area (Å²) in [5.74, 6) is -0.931. The van der Waals surface area contributed by atoms with Crippen molar-refractivity contribution in [3.05, 3.63) is 59.5 Å². The summed E-state index contributed by atoms with van der Waals surface area (Å²) < 4.78 is 74.3. The number of hydrogen-bond donors (Lipinski definition) is 0. The van der Waals surface area contributed by atoms with E-state index in [0.29, 0.717) is 14.8 Å². The Morgan fingerprint density at radius 3 is 2.54 bits per heavy atom. The fourth-order valence-electron chi connectivity index (χ4n) is 3.16. The number of hydrogen-bond acceptors (Lipinski definition) is 8. The minimum absolute atomic E-state index is 0.138. The van der Waals surface area contributed by atoms with Crippen LogP contribution in [0.1, 0.15) is 5.56 Å². The average molecular weight is 631 g/mol. The number of ether oxygens (including phenoxy) is 1. The zero-order chi connectivity index (χ0) is 27.0. The summed E-state index contributed by atoms with van der Waals surface area (Å²) in [5, 5.41) is 11.4. The molecule has 15 heteroatoms. The van der Waals surface area contributed by atoms with E-state index in [1.807, 2.05) is 29.9 Å². The molecule has 1 atom stereocenters. The molecule has 8 nitrogen and oxygen atoms in total. The Labute approximate surface area is 225 Å². The standard InChI is InChI=1S/C22H15AsClF3N4O4S2/c1-31-6-5-29-21(31)36-19-4-3-13(7-15(19)24)23-20-12(10-28)11-30-16-9-18(17(34-2)8-14(16)20)35-37(32,33)22(25,26)27/h3-9,11,23H,1-2H3. The quantitative estimate of drug-likeness (QED) is 0.174. The van der Waals surface area contributed by atoms with Crippen LogP contribution in [0.3, 0.4) is 0 Å². The van der Waals surface area contributed by atoms with Gasteiger partial charge >= 0.3 is 226 Å². The van der Waals surface area contributed by atoms with E-state index in [9.17, 15) is 26.9 Å². The molecule has 1 unspecified atom stereocenters. The van der Waals surface area contributed by atoms with Gasteiger partial charge in [-0.2, -0.15) is 0 Å². The second-order valence-corrected chi connectivity index (χ2v) is 13.1. The number of pyridine rings is 1. The van der Waals surface area contributed by atoms with Crippen LogP contribution in [0.15, 0.2) is 59.0 Å². The van der Waals surface area contributed by atoms with Gasteiger partial charge in [0, 0.05) is 0 Å². The van der Waals surface area contributed by atoms with Crippen molar-refractivity contribution in [1.82, 2.24) is 14.5 Å². The molecule has 0 aliphatic rings. The Bertz CT molecular complexity index is 1660. The third kappa shape index (κ3) is 5.67. The van der Waals surface area contributed by atoms with Gasteiger partial charge in [-0.15, -0.1) is 0 Å². The summed E-state index contributed by atoms with van der Waals surface area (Å²) in [6, 6.07) is 9.97. The number of nitriles is 1. The number of aryl methyl sites for hydroxylation is 1. The van der Waals surface area contributed by atoms with Crippen molar-refractivity contribution >= 4 is 68.8 Å². The van der Waals surface area contributed by atoms with E-state index in [0.717, 1.165) is 27.6 Å². The van der Waals surface area contributed by atoms with Crippen LogP contribution in [0.4, 0.5) is 13.2 Å². The first-order chi connectivity index (χ1) is 17.4. The molecule has 0 bridgehead atoms. The van der Waals surface area contributed by atoms with Crippen LogP contribution in [-0.2, 0) is 17.2 Å². The summed E-state index contributed by atoms with van der Waals surface area (Å²) in [6.07, 6.45) is 4.78. The first kappa shape index (κ1) is 27.1. The SMILES string of the molecule is COc1cc2c([AsH]c3ccc(Sc4nccn4C)c(Cl)c3)c(C#N)cnc2cc1OS(=O)(=O)C(F)(F)F. The van der Waals surface area contributed by atoms with Gasteiger partial charge in [0.2, 0.25) is 0 Å². The Kier molecular flexibility index (Phi) is 7.67. The molecule has 4 aromatic rings. The zero-order valence-corrected chi connectivity index (χ0v) is 23.4. The third-order valence-electron chi connectivity index (χ3n) is 4.94. The van der Waals surface area contributed by atoms with E-state index in [1.54, 1.807) is 12.3 Å². The van der Waals surface area contributed by atoms with Crippen molar-refractivity contribution in [3.63, 3.8) is 0 Å². The number of methoxy groups -OCH3 is 1. The van der Waals surface area contributed by atoms with Crippen molar-refractivity contribution in [1.29, 1.82) is 5.26 Å². The van der Waals surface area contributed by atoms with E-state index in [4.69, 9.17) is 16.3 Å². The number of rotatable bonds is 7. The van der Waals surface area contributed by atoms with Gasteiger partial charge in [-0.25, -0.2) is 0 Å². The van der Waals surface area contributed by atoms with Gasteiger partial charge in [0.05, 0.1) is 0 Å². The topological polar surface area (TPSA) is 107 Å². The van der Waals surface area contributed by atoms with Crippen molar-refractivity contribution in [2.45, 2.75) is 15.6 Å². The Hall–Kier alpha value is -2.91. The number of imidazole rings is 1. The molecule has 0 saturated carbocycles. The van der Waals surface area contributed by atoms with Crippen LogP contribution in [0, 0.1) is 11.3 Å². The predicted octanol–water partition coefficient (Wildman–Crippen LogP) is 3.27. The number of halogens is 4. The third-order valence-corrected chi connectivity index (χ3v) is 10.4. The molecular weight excluding hydrogens is 616 g/mol. The second kappa shape index (κ2) is 10.5. The van der Waals surface area contributed by atoms with Crippen molar-refractivity contribution < 1.29 is 30.5 Å². The molecule has 0 fully saturated rings. The molecule has 0 amide bonds. The van der Waals surface area contributed by atoms with Crippen LogP contribution in [0.5, 0.6) is 11.5 Å². The fourth-order valence-corrected chi connectivity index (χ4v) is 7.57. The molecule has 0 aliphatic heterocycles. The molecular formula is C22H15AsClF3N4O4S2. The first-order valence-electron chi connectivity index (χ1n) is 10.1. The van der Waals surface area contributed by atoms with Crippen molar-refractivity contribution in [3.8, 4) is 17.6 Å². The number of fused-ring (bicyclic) bond motifs is 1. The molecule has 2 aromatic heterocycles. The average Bonchev–Trinajstić information content (AvgIpc) is 3.24. The maximum absolute atomic E-state index is 12.8. The number of benzene rings is 2. The van der Waals surface area contributed by atoms with Crippen LogP contribution < -0.4 is 17.6 Å². The molecule has 0 radical (unpaired) electrons. The maximum atomic E-state index is 12.8. The molecule has 37 heavy (non-hydrogen) atoms. The summed E-state index contributed by atoms with van der Waals surface area (Å²) in [6.45, 7) is 0. The zero-order valence-electron chi connectivity index (χ0n) is 18.9. The monoisotopic (exact) mass is 630 g/mol. The molecule has 0 N–H and O–H groups in total. The van der Waals surface area contributed by atoms with E-state index >= 15 is 0 Å². The normalized spacial score (nSPS) is 12.2. The number of aromatic nitrogens is 3. The van der Waals surface area contributed by atoms with E-state index in [-0.39, 0.29) is 16.8 Å². The van der Waals surface area contributed by atoms with Crippen LogP contribution >= 0.6 is 23.4 Å². The Morgan fingerprint density at radius 1 is 1.19 bits per heavy atom.